The Morgan fingerprint density at radius 2 is 1.66 bits per heavy atom. The van der Waals surface area contributed by atoms with Crippen LogP contribution in [0.2, 0.25) is 10.0 Å². The number of hydrogen-bond acceptors (Lipinski definition) is 8. The van der Waals surface area contributed by atoms with Gasteiger partial charge in [0, 0.05) is 11.1 Å². The third-order valence-corrected chi connectivity index (χ3v) is 4.41. The Morgan fingerprint density at radius 3 is 2.28 bits per heavy atom. The second kappa shape index (κ2) is 8.80. The molecule has 0 spiro atoms. The molecule has 0 aliphatic rings. The molecule has 150 valence electrons. The van der Waals surface area contributed by atoms with Crippen LogP contribution in [0.25, 0.3) is 0 Å². The van der Waals surface area contributed by atoms with E-state index in [1.165, 1.54) is 26.6 Å². The molecule has 0 aliphatic carbocycles. The molecule has 9 nitrogen and oxygen atoms in total. The van der Waals surface area contributed by atoms with Crippen LogP contribution >= 0.6 is 23.2 Å². The van der Waals surface area contributed by atoms with Crippen molar-refractivity contribution in [3.8, 4) is 11.5 Å². The van der Waals surface area contributed by atoms with E-state index in [-0.39, 0.29) is 17.3 Å². The highest BCUT2D eigenvalue weighted by atomic mass is 35.5. The van der Waals surface area contributed by atoms with Crippen LogP contribution < -0.4 is 20.1 Å². The fourth-order valence-electron chi connectivity index (χ4n) is 2.48. The number of nitro groups is 1. The summed E-state index contributed by atoms with van der Waals surface area (Å²) in [5.74, 6) is 0.908. The van der Waals surface area contributed by atoms with Gasteiger partial charge in [-0.25, -0.2) is 9.97 Å². The van der Waals surface area contributed by atoms with E-state index in [2.05, 4.69) is 20.6 Å². The smallest absolute Gasteiger partial charge is 0.353 e. The first-order chi connectivity index (χ1) is 13.9. The molecule has 2 aromatic carbocycles. The standard InChI is InChI=1S/C18H15Cl2N5O4/c1-28-11-4-6-13(15(8-11)29-2)23-17-16(25(26)27)18(22-9-21-17)24-14-7-10(19)3-5-12(14)20/h3-9H,1-2H3,(H2,21,22,23,24). The quantitative estimate of drug-likeness (QED) is 0.384. The molecule has 0 amide bonds. The maximum Gasteiger partial charge on any atom is 0.353 e. The Morgan fingerprint density at radius 1 is 0.966 bits per heavy atom. The summed E-state index contributed by atoms with van der Waals surface area (Å²) < 4.78 is 10.5. The van der Waals surface area contributed by atoms with Crippen molar-refractivity contribution in [2.45, 2.75) is 0 Å². The van der Waals surface area contributed by atoms with Crippen LogP contribution in [0.1, 0.15) is 0 Å². The predicted octanol–water partition coefficient (Wildman–Crippen LogP) is 5.20. The lowest BCUT2D eigenvalue weighted by Gasteiger charge is -2.13. The molecule has 1 heterocycles. The second-order valence-electron chi connectivity index (χ2n) is 5.62. The minimum absolute atomic E-state index is 0.0332. The lowest BCUT2D eigenvalue weighted by Crippen LogP contribution is -2.06. The van der Waals surface area contributed by atoms with Gasteiger partial charge in [-0.3, -0.25) is 10.1 Å². The van der Waals surface area contributed by atoms with Crippen LogP contribution in [-0.4, -0.2) is 29.1 Å². The molecular formula is C18H15Cl2N5O4. The van der Waals surface area contributed by atoms with Gasteiger partial charge < -0.3 is 20.1 Å². The second-order valence-corrected chi connectivity index (χ2v) is 6.46. The van der Waals surface area contributed by atoms with Crippen molar-refractivity contribution < 1.29 is 14.4 Å². The number of aromatic nitrogens is 2. The molecule has 11 heteroatoms. The van der Waals surface area contributed by atoms with Crippen molar-refractivity contribution in [2.24, 2.45) is 0 Å². The van der Waals surface area contributed by atoms with E-state index >= 15 is 0 Å². The number of methoxy groups -OCH3 is 2. The molecule has 2 N–H and O–H groups in total. The zero-order valence-electron chi connectivity index (χ0n) is 15.3. The average molecular weight is 436 g/mol. The highest BCUT2D eigenvalue weighted by Crippen LogP contribution is 2.38. The minimum atomic E-state index is -0.598. The number of halogens is 2. The molecule has 0 unspecified atom stereocenters. The van der Waals surface area contributed by atoms with Crippen LogP contribution in [0.5, 0.6) is 11.5 Å². The van der Waals surface area contributed by atoms with Gasteiger partial charge >= 0.3 is 5.69 Å². The molecule has 3 rings (SSSR count). The van der Waals surface area contributed by atoms with Crippen LogP contribution in [-0.2, 0) is 0 Å². The average Bonchev–Trinajstić information content (AvgIpc) is 2.71. The summed E-state index contributed by atoms with van der Waals surface area (Å²) >= 11 is 12.1. The number of benzene rings is 2. The fourth-order valence-corrected chi connectivity index (χ4v) is 2.82. The zero-order valence-corrected chi connectivity index (χ0v) is 16.8. The summed E-state index contributed by atoms with van der Waals surface area (Å²) in [4.78, 5) is 19.2. The largest absolute Gasteiger partial charge is 0.497 e. The first kappa shape index (κ1) is 20.4. The topological polar surface area (TPSA) is 111 Å². The Balaban J connectivity index is 2.02. The van der Waals surface area contributed by atoms with Crippen LogP contribution in [0.15, 0.2) is 42.7 Å². The maximum atomic E-state index is 11.8. The van der Waals surface area contributed by atoms with Gasteiger partial charge in [0.25, 0.3) is 0 Å². The van der Waals surface area contributed by atoms with E-state index in [1.54, 1.807) is 30.3 Å². The number of anilines is 4. The molecule has 3 aromatic rings. The molecular weight excluding hydrogens is 421 g/mol. The van der Waals surface area contributed by atoms with Gasteiger partial charge in [0.15, 0.2) is 0 Å². The third-order valence-electron chi connectivity index (χ3n) is 3.85. The van der Waals surface area contributed by atoms with Crippen molar-refractivity contribution >= 4 is 51.9 Å². The maximum absolute atomic E-state index is 11.8. The van der Waals surface area contributed by atoms with Gasteiger partial charge in [0.1, 0.15) is 17.8 Å². The fraction of sp³-hybridized carbons (Fsp3) is 0.111. The number of ether oxygens (including phenoxy) is 2. The molecule has 0 atom stereocenters. The molecule has 0 aliphatic heterocycles. The Labute approximate surface area is 175 Å². The number of rotatable bonds is 7. The van der Waals surface area contributed by atoms with E-state index in [0.717, 1.165) is 0 Å². The van der Waals surface area contributed by atoms with Crippen molar-refractivity contribution in [2.75, 3.05) is 24.9 Å². The summed E-state index contributed by atoms with van der Waals surface area (Å²) in [7, 11) is 3.00. The van der Waals surface area contributed by atoms with Gasteiger partial charge in [0.05, 0.1) is 35.5 Å². The highest BCUT2D eigenvalue weighted by Gasteiger charge is 2.24. The molecule has 0 bridgehead atoms. The summed E-state index contributed by atoms with van der Waals surface area (Å²) in [6, 6.07) is 9.69. The van der Waals surface area contributed by atoms with Crippen molar-refractivity contribution in [1.29, 1.82) is 0 Å². The Hall–Kier alpha value is -3.30. The first-order valence-corrected chi connectivity index (χ1v) is 8.89. The summed E-state index contributed by atoms with van der Waals surface area (Å²) in [6.45, 7) is 0. The molecule has 0 saturated carbocycles. The summed E-state index contributed by atoms with van der Waals surface area (Å²) in [5, 5.41) is 18.2. The SMILES string of the molecule is COc1ccc(Nc2ncnc(Nc3cc(Cl)ccc3Cl)c2[N+](=O)[O-])c(OC)c1. The monoisotopic (exact) mass is 435 g/mol. The van der Waals surface area contributed by atoms with Gasteiger partial charge in [-0.05, 0) is 30.3 Å². The lowest BCUT2D eigenvalue weighted by molar-refractivity contribution is -0.383. The van der Waals surface area contributed by atoms with Crippen molar-refractivity contribution in [3.05, 3.63) is 62.9 Å². The van der Waals surface area contributed by atoms with Crippen LogP contribution in [0, 0.1) is 10.1 Å². The van der Waals surface area contributed by atoms with E-state index in [9.17, 15) is 10.1 Å². The van der Waals surface area contributed by atoms with Gasteiger partial charge in [0.2, 0.25) is 11.6 Å². The van der Waals surface area contributed by atoms with Crippen LogP contribution in [0.3, 0.4) is 0 Å². The van der Waals surface area contributed by atoms with E-state index in [0.29, 0.717) is 32.9 Å². The number of nitrogens with one attached hydrogen (secondary N) is 2. The van der Waals surface area contributed by atoms with Gasteiger partial charge in [-0.15, -0.1) is 0 Å². The number of nitrogens with zero attached hydrogens (tertiary/aromatic N) is 3. The normalized spacial score (nSPS) is 10.3. The first-order valence-electron chi connectivity index (χ1n) is 8.13. The molecule has 1 aromatic heterocycles. The highest BCUT2D eigenvalue weighted by molar-refractivity contribution is 6.35. The summed E-state index contributed by atoms with van der Waals surface area (Å²) in [6.07, 6.45) is 1.19. The van der Waals surface area contributed by atoms with E-state index < -0.39 is 4.92 Å². The Kier molecular flexibility index (Phi) is 6.20. The third kappa shape index (κ3) is 4.58. The van der Waals surface area contributed by atoms with Crippen molar-refractivity contribution in [3.63, 3.8) is 0 Å². The number of hydrogen-bond donors (Lipinski definition) is 2. The lowest BCUT2D eigenvalue weighted by atomic mass is 10.2. The minimum Gasteiger partial charge on any atom is -0.497 e. The van der Waals surface area contributed by atoms with Gasteiger partial charge in [-0.2, -0.15) is 0 Å². The van der Waals surface area contributed by atoms with E-state index in [4.69, 9.17) is 32.7 Å². The molecule has 0 radical (unpaired) electrons. The van der Waals surface area contributed by atoms with Crippen molar-refractivity contribution in [1.82, 2.24) is 9.97 Å². The predicted molar refractivity (Wildman–Crippen MR) is 111 cm³/mol. The molecule has 0 fully saturated rings. The van der Waals surface area contributed by atoms with E-state index in [1.807, 2.05) is 0 Å². The summed E-state index contributed by atoms with van der Waals surface area (Å²) in [5.41, 5.74) is 0.456. The molecule has 29 heavy (non-hydrogen) atoms. The zero-order chi connectivity index (χ0) is 21.0. The Bertz CT molecular complexity index is 1060. The van der Waals surface area contributed by atoms with Gasteiger partial charge in [-0.1, -0.05) is 23.2 Å². The molecule has 0 saturated heterocycles. The van der Waals surface area contributed by atoms with Crippen LogP contribution in [0.4, 0.5) is 28.7 Å².